The molecule has 0 heterocycles. The molecule has 0 N–H and O–H groups in total. The van der Waals surface area contributed by atoms with Crippen LogP contribution in [0.15, 0.2) is 18.2 Å². The molecule has 0 saturated carbocycles. The Bertz CT molecular complexity index is 350. The minimum Gasteiger partial charge on any atom is -0.374 e. The summed E-state index contributed by atoms with van der Waals surface area (Å²) in [6, 6.07) is 3.17. The monoisotopic (exact) mass is 214 g/mol. The Morgan fingerprint density at radius 2 is 2.13 bits per heavy atom. The van der Waals surface area contributed by atoms with Crippen molar-refractivity contribution in [2.45, 2.75) is 13.3 Å². The van der Waals surface area contributed by atoms with Crippen molar-refractivity contribution in [3.8, 4) is 0 Å². The van der Waals surface area contributed by atoms with Gasteiger partial charge < -0.3 is 4.74 Å². The molecule has 0 aliphatic heterocycles. The molecule has 1 aromatic rings. The van der Waals surface area contributed by atoms with Crippen molar-refractivity contribution in [2.75, 3.05) is 13.2 Å². The fraction of sp³-hybridized carbons (Fsp3) is 0.364. The lowest BCUT2D eigenvalue weighted by Gasteiger charge is -2.03. The highest BCUT2D eigenvalue weighted by Gasteiger charge is 2.08. The standard InChI is InChI=1S/C11H12F2O2/c1-2-15-7-10(14)5-8-3-4-9(12)6-11(8)13/h3-4,6H,2,5,7H2,1H3. The van der Waals surface area contributed by atoms with Crippen LogP contribution in [0.2, 0.25) is 0 Å². The van der Waals surface area contributed by atoms with Gasteiger partial charge in [-0.25, -0.2) is 8.78 Å². The van der Waals surface area contributed by atoms with Crippen molar-refractivity contribution in [1.29, 1.82) is 0 Å². The predicted octanol–water partition coefficient (Wildman–Crippen LogP) is 2.11. The van der Waals surface area contributed by atoms with Gasteiger partial charge in [-0.3, -0.25) is 4.79 Å². The maximum atomic E-state index is 13.1. The molecule has 0 radical (unpaired) electrons. The van der Waals surface area contributed by atoms with Gasteiger partial charge in [-0.1, -0.05) is 6.07 Å². The first kappa shape index (κ1) is 11.8. The molecule has 4 heteroatoms. The first-order valence-corrected chi connectivity index (χ1v) is 4.67. The molecule has 0 aliphatic rings. The van der Waals surface area contributed by atoms with Gasteiger partial charge >= 0.3 is 0 Å². The summed E-state index contributed by atoms with van der Waals surface area (Å²) in [4.78, 5) is 11.2. The number of benzene rings is 1. The Kier molecular flexibility index (Phi) is 4.37. The number of hydrogen-bond donors (Lipinski definition) is 0. The number of carbonyl (C=O) groups is 1. The van der Waals surface area contributed by atoms with Crippen LogP contribution in [0, 0.1) is 11.6 Å². The number of Topliss-reactive ketones (excluding diaryl/α,β-unsaturated/α-hetero) is 1. The molecule has 0 aliphatic carbocycles. The second-order valence-corrected chi connectivity index (χ2v) is 3.09. The SMILES string of the molecule is CCOCC(=O)Cc1ccc(F)cc1F. The summed E-state index contributed by atoms with van der Waals surface area (Å²) in [6.07, 6.45) is -0.0634. The number of ether oxygens (including phenoxy) is 1. The van der Waals surface area contributed by atoms with Crippen LogP contribution in [0.25, 0.3) is 0 Å². The minimum atomic E-state index is -0.695. The maximum absolute atomic E-state index is 13.1. The average molecular weight is 214 g/mol. The molecule has 0 aromatic heterocycles. The number of rotatable bonds is 5. The van der Waals surface area contributed by atoms with E-state index in [1.54, 1.807) is 6.92 Å². The molecule has 0 fully saturated rings. The Morgan fingerprint density at radius 3 is 2.73 bits per heavy atom. The molecule has 0 spiro atoms. The summed E-state index contributed by atoms with van der Waals surface area (Å²) in [5.74, 6) is -1.56. The van der Waals surface area contributed by atoms with Gasteiger partial charge in [-0.2, -0.15) is 0 Å². The first-order valence-electron chi connectivity index (χ1n) is 4.67. The van der Waals surface area contributed by atoms with Gasteiger partial charge in [0.15, 0.2) is 5.78 Å². The smallest absolute Gasteiger partial charge is 0.162 e. The number of hydrogen-bond acceptors (Lipinski definition) is 2. The second kappa shape index (κ2) is 5.56. The van der Waals surface area contributed by atoms with Crippen LogP contribution in [-0.2, 0) is 16.0 Å². The molecule has 82 valence electrons. The largest absolute Gasteiger partial charge is 0.374 e. The highest BCUT2D eigenvalue weighted by Crippen LogP contribution is 2.10. The van der Waals surface area contributed by atoms with E-state index in [0.29, 0.717) is 6.61 Å². The third-order valence-corrected chi connectivity index (χ3v) is 1.87. The zero-order valence-electron chi connectivity index (χ0n) is 8.43. The third kappa shape index (κ3) is 3.75. The van der Waals surface area contributed by atoms with E-state index >= 15 is 0 Å². The van der Waals surface area contributed by atoms with Gasteiger partial charge in [-0.15, -0.1) is 0 Å². The van der Waals surface area contributed by atoms with Crippen molar-refractivity contribution >= 4 is 5.78 Å². The Hall–Kier alpha value is -1.29. The van der Waals surface area contributed by atoms with Gasteiger partial charge in [0.05, 0.1) is 0 Å². The topological polar surface area (TPSA) is 26.3 Å². The van der Waals surface area contributed by atoms with Crippen LogP contribution in [0.4, 0.5) is 8.78 Å². The zero-order chi connectivity index (χ0) is 11.3. The van der Waals surface area contributed by atoms with Crippen LogP contribution in [0.1, 0.15) is 12.5 Å². The lowest BCUT2D eigenvalue weighted by molar-refractivity contribution is -0.122. The Morgan fingerprint density at radius 1 is 1.40 bits per heavy atom. The average Bonchev–Trinajstić information content (AvgIpc) is 2.19. The summed E-state index contributed by atoms with van der Waals surface area (Å²) in [5, 5.41) is 0. The zero-order valence-corrected chi connectivity index (χ0v) is 8.43. The van der Waals surface area contributed by atoms with Crippen molar-refractivity contribution in [3.63, 3.8) is 0 Å². The van der Waals surface area contributed by atoms with Crippen LogP contribution in [-0.4, -0.2) is 19.0 Å². The summed E-state index contributed by atoms with van der Waals surface area (Å²) < 4.78 is 30.5. The quantitative estimate of drug-likeness (QED) is 0.750. The summed E-state index contributed by atoms with van der Waals surface area (Å²) >= 11 is 0. The molecular weight excluding hydrogens is 202 g/mol. The fourth-order valence-corrected chi connectivity index (χ4v) is 1.14. The number of carbonyl (C=O) groups excluding carboxylic acids is 1. The van der Waals surface area contributed by atoms with Gasteiger partial charge in [0.25, 0.3) is 0 Å². The third-order valence-electron chi connectivity index (χ3n) is 1.87. The molecule has 0 bridgehead atoms. The summed E-state index contributed by atoms with van der Waals surface area (Å²) in [5.41, 5.74) is 0.195. The van der Waals surface area contributed by atoms with Gasteiger partial charge in [0.2, 0.25) is 0 Å². The lowest BCUT2D eigenvalue weighted by Crippen LogP contribution is -2.12. The second-order valence-electron chi connectivity index (χ2n) is 3.09. The molecule has 0 atom stereocenters. The normalized spacial score (nSPS) is 10.3. The number of halogens is 2. The number of ketones is 1. The molecule has 1 aromatic carbocycles. The minimum absolute atomic E-state index is 0.0344. The van der Waals surface area contributed by atoms with Crippen molar-refractivity contribution < 1.29 is 18.3 Å². The fourth-order valence-electron chi connectivity index (χ4n) is 1.14. The van der Waals surface area contributed by atoms with Crippen LogP contribution >= 0.6 is 0 Å². The van der Waals surface area contributed by atoms with Crippen LogP contribution < -0.4 is 0 Å². The van der Waals surface area contributed by atoms with Crippen molar-refractivity contribution in [1.82, 2.24) is 0 Å². The molecule has 15 heavy (non-hydrogen) atoms. The lowest BCUT2D eigenvalue weighted by atomic mass is 10.1. The highest BCUT2D eigenvalue weighted by atomic mass is 19.1. The van der Waals surface area contributed by atoms with Gasteiger partial charge in [0, 0.05) is 19.1 Å². The molecule has 1 rings (SSSR count). The van der Waals surface area contributed by atoms with E-state index in [2.05, 4.69) is 0 Å². The van der Waals surface area contributed by atoms with Crippen molar-refractivity contribution in [3.05, 3.63) is 35.4 Å². The van der Waals surface area contributed by atoms with Gasteiger partial charge in [0.1, 0.15) is 18.2 Å². The van der Waals surface area contributed by atoms with Crippen molar-refractivity contribution in [2.24, 2.45) is 0 Å². The predicted molar refractivity (Wildman–Crippen MR) is 51.6 cm³/mol. The van der Waals surface area contributed by atoms with Crippen LogP contribution in [0.3, 0.4) is 0 Å². The van der Waals surface area contributed by atoms with Gasteiger partial charge in [-0.05, 0) is 18.6 Å². The molecule has 2 nitrogen and oxygen atoms in total. The molecular formula is C11H12F2O2. The molecule has 0 unspecified atom stereocenters. The van der Waals surface area contributed by atoms with E-state index < -0.39 is 11.6 Å². The maximum Gasteiger partial charge on any atom is 0.162 e. The van der Waals surface area contributed by atoms with E-state index in [0.717, 1.165) is 12.1 Å². The Labute approximate surface area is 86.9 Å². The summed E-state index contributed by atoms with van der Waals surface area (Å²) in [7, 11) is 0. The molecule has 0 saturated heterocycles. The van der Waals surface area contributed by atoms with E-state index in [1.165, 1.54) is 6.07 Å². The first-order chi connectivity index (χ1) is 7.13. The van der Waals surface area contributed by atoms with E-state index in [9.17, 15) is 13.6 Å². The molecule has 0 amide bonds. The van der Waals surface area contributed by atoms with E-state index in [-0.39, 0.29) is 24.4 Å². The van der Waals surface area contributed by atoms with Crippen LogP contribution in [0.5, 0.6) is 0 Å². The van der Waals surface area contributed by atoms with E-state index in [4.69, 9.17) is 4.74 Å². The van der Waals surface area contributed by atoms with E-state index in [1.807, 2.05) is 0 Å². The highest BCUT2D eigenvalue weighted by molar-refractivity contribution is 5.82. The Balaban J connectivity index is 2.60. The summed E-state index contributed by atoms with van der Waals surface area (Å²) in [6.45, 7) is 2.18.